The largest absolute Gasteiger partial charge is 2.00 e. The van der Waals surface area contributed by atoms with Crippen LogP contribution in [-0.4, -0.2) is 0 Å². The van der Waals surface area contributed by atoms with Gasteiger partial charge in [-0.1, -0.05) is 12.1 Å². The van der Waals surface area contributed by atoms with Gasteiger partial charge in [0.15, 0.2) is 0 Å². The summed E-state index contributed by atoms with van der Waals surface area (Å²) in [6.07, 6.45) is 2.33. The fraction of sp³-hybridized carbons (Fsp3) is 0.111. The van der Waals surface area contributed by atoms with Gasteiger partial charge < -0.3 is 23.4 Å². The minimum Gasteiger partial charge on any atom is -1.00 e. The van der Waals surface area contributed by atoms with E-state index in [9.17, 15) is 13.2 Å². The van der Waals surface area contributed by atoms with Gasteiger partial charge in [-0.05, 0) is 0 Å². The molecule has 0 heterocycles. The van der Waals surface area contributed by atoms with Crippen LogP contribution in [0.1, 0.15) is 11.1 Å². The van der Waals surface area contributed by atoms with Gasteiger partial charge >= 0.3 is 25.7 Å². The zero-order chi connectivity index (χ0) is 9.19. The van der Waals surface area contributed by atoms with Crippen LogP contribution in [0, 0.1) is 12.3 Å². The first-order valence-electron chi connectivity index (χ1n) is 3.14. The second kappa shape index (κ2) is 6.21. The summed E-state index contributed by atoms with van der Waals surface area (Å²) >= 11 is 0. The van der Waals surface area contributed by atoms with Crippen molar-refractivity contribution < 1.29 is 49.6 Å². The van der Waals surface area contributed by atoms with Crippen LogP contribution < -0.4 is 17.0 Å². The van der Waals surface area contributed by atoms with Gasteiger partial charge in [-0.25, -0.2) is 0 Å². The van der Waals surface area contributed by atoms with Crippen LogP contribution in [0.4, 0.5) is 13.2 Å². The second-order valence-corrected chi connectivity index (χ2v) is 2.20. The summed E-state index contributed by atoms with van der Waals surface area (Å²) in [4.78, 5) is 0. The van der Waals surface area contributed by atoms with Crippen LogP contribution >= 0.6 is 0 Å². The van der Waals surface area contributed by atoms with Crippen molar-refractivity contribution in [1.82, 2.24) is 0 Å². The molecular formula is C9H4BrF3Zn. The molecule has 0 unspecified atom stereocenters. The van der Waals surface area contributed by atoms with Crippen molar-refractivity contribution in [3.05, 3.63) is 41.8 Å². The molecule has 0 spiro atoms. The maximum Gasteiger partial charge on any atom is 2.00 e. The molecule has 0 fully saturated rings. The Bertz CT molecular complexity index is 310. The first-order valence-corrected chi connectivity index (χ1v) is 3.14. The molecule has 14 heavy (non-hydrogen) atoms. The van der Waals surface area contributed by atoms with E-state index in [4.69, 9.17) is 6.42 Å². The Morgan fingerprint density at radius 3 is 1.79 bits per heavy atom. The normalized spacial score (nSPS) is 9.29. The second-order valence-electron chi connectivity index (χ2n) is 2.20. The van der Waals surface area contributed by atoms with Crippen molar-refractivity contribution in [2.24, 2.45) is 0 Å². The third kappa shape index (κ3) is 4.26. The summed E-state index contributed by atoms with van der Waals surface area (Å²) in [5.74, 6) is 1.99. The minimum atomic E-state index is -4.31. The van der Waals surface area contributed by atoms with Crippen molar-refractivity contribution in [2.75, 3.05) is 0 Å². The average Bonchev–Trinajstić information content (AvgIpc) is 2.03. The summed E-state index contributed by atoms with van der Waals surface area (Å²) in [5.41, 5.74) is -0.371. The molecule has 0 aromatic heterocycles. The molecule has 0 aliphatic heterocycles. The predicted molar refractivity (Wildman–Crippen MR) is 37.7 cm³/mol. The molecule has 0 atom stereocenters. The van der Waals surface area contributed by atoms with Crippen molar-refractivity contribution in [3.63, 3.8) is 0 Å². The van der Waals surface area contributed by atoms with Crippen molar-refractivity contribution >= 4 is 0 Å². The number of hydrogen-bond acceptors (Lipinski definition) is 0. The topological polar surface area (TPSA) is 0 Å². The summed E-state index contributed by atoms with van der Waals surface area (Å²) in [5, 5.41) is 0. The number of halogens is 4. The molecule has 0 radical (unpaired) electrons. The van der Waals surface area contributed by atoms with E-state index in [1.165, 1.54) is 12.1 Å². The zero-order valence-corrected chi connectivity index (χ0v) is 11.6. The monoisotopic (exact) mass is 312 g/mol. The standard InChI is InChI=1S/C9H4F3.BrH.Zn/c1-2-7-3-5-8(6-4-7)9(10,11)12;;/h3-6H;1H;/q-1;;+2/p-1. The van der Waals surface area contributed by atoms with Crippen molar-refractivity contribution in [3.8, 4) is 5.92 Å². The third-order valence-electron chi connectivity index (χ3n) is 1.36. The van der Waals surface area contributed by atoms with E-state index in [2.05, 4.69) is 0 Å². The summed E-state index contributed by atoms with van der Waals surface area (Å²) < 4.78 is 35.9. The smallest absolute Gasteiger partial charge is 1.00 e. The van der Waals surface area contributed by atoms with Gasteiger partial charge in [-0.2, -0.15) is 13.2 Å². The predicted octanol–water partition coefficient (Wildman–Crippen LogP) is -0.355. The Labute approximate surface area is 103 Å². The van der Waals surface area contributed by atoms with Crippen molar-refractivity contribution in [1.29, 1.82) is 0 Å². The molecule has 0 bridgehead atoms. The SMILES string of the molecule is [Br-].[C-]#Cc1ccc(C(F)(F)F)cc1.[Zn+2]. The number of alkyl halides is 3. The van der Waals surface area contributed by atoms with Gasteiger partial charge in [0.25, 0.3) is 0 Å². The van der Waals surface area contributed by atoms with Gasteiger partial charge in [0.1, 0.15) is 0 Å². The zero-order valence-electron chi connectivity index (χ0n) is 7.03. The average molecular weight is 314 g/mol. The fourth-order valence-corrected chi connectivity index (χ4v) is 0.743. The van der Waals surface area contributed by atoms with Crippen LogP contribution in [0.5, 0.6) is 0 Å². The first-order chi connectivity index (χ1) is 5.54. The maximum atomic E-state index is 12.0. The molecular weight excluding hydrogens is 310 g/mol. The van der Waals surface area contributed by atoms with E-state index in [1.807, 2.05) is 5.92 Å². The molecule has 0 amide bonds. The van der Waals surface area contributed by atoms with Gasteiger partial charge in [0.2, 0.25) is 0 Å². The van der Waals surface area contributed by atoms with E-state index in [0.29, 0.717) is 5.56 Å². The van der Waals surface area contributed by atoms with Crippen LogP contribution in [0.2, 0.25) is 0 Å². The molecule has 70 valence electrons. The molecule has 0 N–H and O–H groups in total. The van der Waals surface area contributed by atoms with Crippen molar-refractivity contribution in [2.45, 2.75) is 6.18 Å². The number of hydrogen-bond donors (Lipinski definition) is 0. The Kier molecular flexibility index (Phi) is 7.15. The van der Waals surface area contributed by atoms with Gasteiger partial charge in [0, 0.05) is 0 Å². The quantitative estimate of drug-likeness (QED) is 0.349. The summed E-state index contributed by atoms with van der Waals surface area (Å²) in [6, 6.07) is 4.26. The summed E-state index contributed by atoms with van der Waals surface area (Å²) in [6.45, 7) is 0. The van der Waals surface area contributed by atoms with Crippen LogP contribution in [0.15, 0.2) is 24.3 Å². The molecule has 0 saturated heterocycles. The summed E-state index contributed by atoms with van der Waals surface area (Å²) in [7, 11) is 0. The van der Waals surface area contributed by atoms with Crippen LogP contribution in [0.3, 0.4) is 0 Å². The Hall–Kier alpha value is -0.327. The molecule has 0 aliphatic rings. The molecule has 0 aliphatic carbocycles. The van der Waals surface area contributed by atoms with E-state index in [1.54, 1.807) is 0 Å². The minimum absolute atomic E-state index is 0. The Morgan fingerprint density at radius 1 is 1.07 bits per heavy atom. The Balaban J connectivity index is 0. The van der Waals surface area contributed by atoms with Gasteiger partial charge in [-0.3, -0.25) is 5.92 Å². The molecule has 0 saturated carbocycles. The van der Waals surface area contributed by atoms with E-state index < -0.39 is 11.7 Å². The van der Waals surface area contributed by atoms with E-state index in [-0.39, 0.29) is 36.5 Å². The van der Waals surface area contributed by atoms with E-state index in [0.717, 1.165) is 12.1 Å². The number of benzene rings is 1. The molecule has 0 nitrogen and oxygen atoms in total. The molecule has 1 aromatic rings. The van der Waals surface area contributed by atoms with Gasteiger partial charge in [0.05, 0.1) is 5.56 Å². The maximum absolute atomic E-state index is 12.0. The van der Waals surface area contributed by atoms with E-state index >= 15 is 0 Å². The fourth-order valence-electron chi connectivity index (χ4n) is 0.743. The van der Waals surface area contributed by atoms with Crippen LogP contribution in [0.25, 0.3) is 0 Å². The van der Waals surface area contributed by atoms with Crippen LogP contribution in [-0.2, 0) is 25.7 Å². The third-order valence-corrected chi connectivity index (χ3v) is 1.36. The molecule has 1 rings (SSSR count). The molecule has 5 heteroatoms. The molecule has 1 aromatic carbocycles. The Morgan fingerprint density at radius 2 is 1.50 bits per heavy atom. The first kappa shape index (κ1) is 16.1. The number of rotatable bonds is 0. The van der Waals surface area contributed by atoms with Gasteiger partial charge in [-0.15, -0.1) is 17.7 Å².